The molecule has 2 heteroatoms. The molecular weight excluding hydrogens is 234 g/mol. The molecule has 0 spiro atoms. The number of hydrogen-bond acceptors (Lipinski definition) is 2. The van der Waals surface area contributed by atoms with Crippen molar-refractivity contribution in [3.63, 3.8) is 0 Å². The normalized spacial score (nSPS) is 11.2. The van der Waals surface area contributed by atoms with Gasteiger partial charge in [0.2, 0.25) is 0 Å². The van der Waals surface area contributed by atoms with Gasteiger partial charge in [-0.05, 0) is 23.8 Å². The van der Waals surface area contributed by atoms with Crippen LogP contribution < -0.4 is 0 Å². The Labute approximate surface area is 111 Å². The predicted octanol–water partition coefficient (Wildman–Crippen LogP) is 4.11. The Bertz CT molecular complexity index is 733. The molecule has 0 bridgehead atoms. The van der Waals surface area contributed by atoms with Crippen molar-refractivity contribution in [3.05, 3.63) is 71.9 Å². The van der Waals surface area contributed by atoms with E-state index in [1.165, 1.54) is 0 Å². The number of fused-ring (bicyclic) bond motifs is 1. The zero-order valence-corrected chi connectivity index (χ0v) is 10.3. The molecule has 0 amide bonds. The van der Waals surface area contributed by atoms with Crippen LogP contribution in [0.4, 0.5) is 0 Å². The average molecular weight is 247 g/mol. The van der Waals surface area contributed by atoms with Crippen molar-refractivity contribution >= 4 is 23.1 Å². The Morgan fingerprint density at radius 2 is 1.63 bits per heavy atom. The van der Waals surface area contributed by atoms with Crippen LogP contribution in [0.5, 0.6) is 5.75 Å². The minimum absolute atomic E-state index is 0.215. The number of pyridine rings is 1. The molecule has 0 aliphatic heterocycles. The lowest BCUT2D eigenvalue weighted by atomic mass is 10.1. The highest BCUT2D eigenvalue weighted by atomic mass is 16.3. The van der Waals surface area contributed by atoms with Gasteiger partial charge in [0, 0.05) is 5.39 Å². The third kappa shape index (κ3) is 2.47. The summed E-state index contributed by atoms with van der Waals surface area (Å²) in [4.78, 5) is 4.45. The van der Waals surface area contributed by atoms with Crippen molar-refractivity contribution in [1.29, 1.82) is 0 Å². The highest BCUT2D eigenvalue weighted by Gasteiger charge is 2.00. The van der Waals surface area contributed by atoms with Crippen molar-refractivity contribution < 1.29 is 5.11 Å². The highest BCUT2D eigenvalue weighted by molar-refractivity contribution is 5.85. The second kappa shape index (κ2) is 4.94. The van der Waals surface area contributed by atoms with Gasteiger partial charge in [0.15, 0.2) is 0 Å². The Kier molecular flexibility index (Phi) is 2.99. The van der Waals surface area contributed by atoms with Gasteiger partial charge < -0.3 is 5.11 Å². The van der Waals surface area contributed by atoms with E-state index < -0.39 is 0 Å². The van der Waals surface area contributed by atoms with E-state index in [4.69, 9.17) is 0 Å². The summed E-state index contributed by atoms with van der Waals surface area (Å²) in [6, 6.07) is 19.4. The third-order valence-electron chi connectivity index (χ3n) is 2.97. The second-order valence-electron chi connectivity index (χ2n) is 4.33. The maximum absolute atomic E-state index is 9.79. The first-order chi connectivity index (χ1) is 9.33. The molecule has 0 atom stereocenters. The second-order valence-corrected chi connectivity index (χ2v) is 4.33. The highest BCUT2D eigenvalue weighted by Crippen LogP contribution is 2.22. The molecule has 0 unspecified atom stereocenters. The largest absolute Gasteiger partial charge is 0.506 e. The molecule has 3 aromatic rings. The number of nitrogens with zero attached hydrogens (tertiary/aromatic N) is 1. The van der Waals surface area contributed by atoms with Crippen LogP contribution in [0.1, 0.15) is 11.3 Å². The van der Waals surface area contributed by atoms with E-state index in [1.807, 2.05) is 66.7 Å². The van der Waals surface area contributed by atoms with Crippen LogP contribution in [0.2, 0.25) is 0 Å². The minimum Gasteiger partial charge on any atom is -0.506 e. The quantitative estimate of drug-likeness (QED) is 0.739. The van der Waals surface area contributed by atoms with E-state index in [-0.39, 0.29) is 5.75 Å². The molecule has 3 rings (SSSR count). The maximum atomic E-state index is 9.79. The molecule has 0 saturated heterocycles. The number of phenols is 1. The van der Waals surface area contributed by atoms with Crippen LogP contribution in [-0.2, 0) is 0 Å². The fraction of sp³-hybridized carbons (Fsp3) is 0. The minimum atomic E-state index is 0.215. The van der Waals surface area contributed by atoms with Crippen LogP contribution in [0.25, 0.3) is 23.1 Å². The predicted molar refractivity (Wildman–Crippen MR) is 78.8 cm³/mol. The molecule has 92 valence electrons. The van der Waals surface area contributed by atoms with Crippen molar-refractivity contribution in [1.82, 2.24) is 4.98 Å². The third-order valence-corrected chi connectivity index (χ3v) is 2.97. The van der Waals surface area contributed by atoms with E-state index in [0.717, 1.165) is 16.6 Å². The van der Waals surface area contributed by atoms with E-state index in [0.29, 0.717) is 5.52 Å². The average Bonchev–Trinajstić information content (AvgIpc) is 2.47. The molecular formula is C17H13NO. The van der Waals surface area contributed by atoms with Gasteiger partial charge in [0.05, 0.1) is 5.69 Å². The van der Waals surface area contributed by atoms with Crippen molar-refractivity contribution in [2.24, 2.45) is 0 Å². The van der Waals surface area contributed by atoms with Crippen LogP contribution in [0, 0.1) is 0 Å². The van der Waals surface area contributed by atoms with Gasteiger partial charge in [0.25, 0.3) is 0 Å². The van der Waals surface area contributed by atoms with E-state index in [2.05, 4.69) is 4.98 Å². The summed E-state index contributed by atoms with van der Waals surface area (Å²) in [5.41, 5.74) is 2.59. The van der Waals surface area contributed by atoms with E-state index in [9.17, 15) is 5.11 Å². The Morgan fingerprint density at radius 1 is 0.789 bits per heavy atom. The molecule has 0 fully saturated rings. The van der Waals surface area contributed by atoms with Crippen molar-refractivity contribution in [2.45, 2.75) is 0 Å². The number of benzene rings is 2. The van der Waals surface area contributed by atoms with Gasteiger partial charge in [-0.3, -0.25) is 0 Å². The van der Waals surface area contributed by atoms with E-state index in [1.54, 1.807) is 6.07 Å². The smallest absolute Gasteiger partial charge is 0.141 e. The zero-order chi connectivity index (χ0) is 13.1. The number of para-hydroxylation sites is 1. The fourth-order valence-electron chi connectivity index (χ4n) is 1.99. The van der Waals surface area contributed by atoms with Gasteiger partial charge in [0.1, 0.15) is 11.3 Å². The Morgan fingerprint density at radius 3 is 2.47 bits per heavy atom. The zero-order valence-electron chi connectivity index (χ0n) is 10.3. The molecule has 1 aromatic heterocycles. The summed E-state index contributed by atoms with van der Waals surface area (Å²) in [5, 5.41) is 10.7. The molecule has 0 radical (unpaired) electrons. The molecule has 1 heterocycles. The lowest BCUT2D eigenvalue weighted by Crippen LogP contribution is -1.83. The molecule has 0 aliphatic rings. The molecule has 0 saturated carbocycles. The first kappa shape index (κ1) is 11.5. The summed E-state index contributed by atoms with van der Waals surface area (Å²) < 4.78 is 0. The number of aromatic nitrogens is 1. The standard InChI is InChI=1S/C17H13NO/c19-16-8-4-7-14-10-12-15(18-17(14)16)11-9-13-5-2-1-3-6-13/h1-12,19H/b11-9+. The lowest BCUT2D eigenvalue weighted by Gasteiger charge is -2.01. The first-order valence-electron chi connectivity index (χ1n) is 6.15. The van der Waals surface area contributed by atoms with Gasteiger partial charge in [-0.15, -0.1) is 0 Å². The number of rotatable bonds is 2. The molecule has 2 aromatic carbocycles. The maximum Gasteiger partial charge on any atom is 0.141 e. The molecule has 2 nitrogen and oxygen atoms in total. The van der Waals surface area contributed by atoms with E-state index >= 15 is 0 Å². The summed E-state index contributed by atoms with van der Waals surface area (Å²) >= 11 is 0. The first-order valence-corrected chi connectivity index (χ1v) is 6.15. The van der Waals surface area contributed by atoms with Gasteiger partial charge in [-0.25, -0.2) is 4.98 Å². The Hall–Kier alpha value is -2.61. The summed E-state index contributed by atoms with van der Waals surface area (Å²) in [5.74, 6) is 0.215. The number of hydrogen-bond donors (Lipinski definition) is 1. The summed E-state index contributed by atoms with van der Waals surface area (Å²) in [6.45, 7) is 0. The van der Waals surface area contributed by atoms with Crippen LogP contribution in [0.15, 0.2) is 60.7 Å². The molecule has 19 heavy (non-hydrogen) atoms. The fourth-order valence-corrected chi connectivity index (χ4v) is 1.99. The monoisotopic (exact) mass is 247 g/mol. The van der Waals surface area contributed by atoms with Crippen LogP contribution >= 0.6 is 0 Å². The summed E-state index contributed by atoms with van der Waals surface area (Å²) in [6.07, 6.45) is 3.95. The van der Waals surface area contributed by atoms with Crippen molar-refractivity contribution in [3.8, 4) is 5.75 Å². The van der Waals surface area contributed by atoms with Gasteiger partial charge in [-0.2, -0.15) is 0 Å². The molecule has 1 N–H and O–H groups in total. The number of aromatic hydroxyl groups is 1. The SMILES string of the molecule is Oc1cccc2ccc(/C=C/c3ccccc3)nc12. The number of phenolic OH excluding ortho intramolecular Hbond substituents is 1. The van der Waals surface area contributed by atoms with Gasteiger partial charge >= 0.3 is 0 Å². The molecule has 0 aliphatic carbocycles. The Balaban J connectivity index is 1.98. The van der Waals surface area contributed by atoms with Crippen LogP contribution in [-0.4, -0.2) is 10.1 Å². The van der Waals surface area contributed by atoms with Crippen molar-refractivity contribution in [2.75, 3.05) is 0 Å². The topological polar surface area (TPSA) is 33.1 Å². The summed E-state index contributed by atoms with van der Waals surface area (Å²) in [7, 11) is 0. The lowest BCUT2D eigenvalue weighted by molar-refractivity contribution is 0.480. The van der Waals surface area contributed by atoms with Gasteiger partial charge in [-0.1, -0.05) is 54.6 Å². The van der Waals surface area contributed by atoms with Crippen LogP contribution in [0.3, 0.4) is 0 Å².